The molecule has 1 atom stereocenters. The molecule has 1 aromatic carbocycles. The maximum Gasteiger partial charge on any atom is 0.269 e. The van der Waals surface area contributed by atoms with Crippen LogP contribution < -0.4 is 10.6 Å². The number of amides is 1. The highest BCUT2D eigenvalue weighted by Crippen LogP contribution is 2.15. The zero-order chi connectivity index (χ0) is 16.1. The largest absolute Gasteiger partial charge is 0.350 e. The fraction of sp³-hybridized carbons (Fsp3) is 0.286. The molecule has 0 spiro atoms. The quantitative estimate of drug-likeness (QED) is 0.614. The van der Waals surface area contributed by atoms with Crippen LogP contribution in [0, 0.1) is 10.1 Å². The van der Waals surface area contributed by atoms with Gasteiger partial charge in [-0.1, -0.05) is 0 Å². The van der Waals surface area contributed by atoms with E-state index in [-0.39, 0.29) is 30.0 Å². The molecule has 0 aliphatic rings. The highest BCUT2D eigenvalue weighted by Gasteiger charge is 2.11. The minimum Gasteiger partial charge on any atom is -0.350 e. The fourth-order valence-electron chi connectivity index (χ4n) is 1.76. The number of halogens is 1. The molecule has 1 unspecified atom stereocenters. The minimum atomic E-state index is -0.464. The second-order valence-electron chi connectivity index (χ2n) is 4.85. The van der Waals surface area contributed by atoms with E-state index >= 15 is 0 Å². The lowest BCUT2D eigenvalue weighted by Crippen LogP contribution is -2.37. The second kappa shape index (κ2) is 8.25. The lowest BCUT2D eigenvalue weighted by atomic mass is 10.3. The van der Waals surface area contributed by atoms with E-state index < -0.39 is 4.92 Å². The van der Waals surface area contributed by atoms with Gasteiger partial charge in [0.15, 0.2) is 0 Å². The first kappa shape index (κ1) is 18.6. The molecule has 1 heterocycles. The molecule has 0 radical (unpaired) electrons. The summed E-state index contributed by atoms with van der Waals surface area (Å²) < 4.78 is 1.50. The lowest BCUT2D eigenvalue weighted by molar-refractivity contribution is -0.384. The number of benzene rings is 1. The van der Waals surface area contributed by atoms with Crippen molar-refractivity contribution in [2.45, 2.75) is 13.0 Å². The summed E-state index contributed by atoms with van der Waals surface area (Å²) in [5.41, 5.74) is 1.09. The number of carbonyl (C=O) groups excluding carboxylic acids is 1. The summed E-state index contributed by atoms with van der Waals surface area (Å²) in [6.07, 6.45) is 3.04. The number of aromatic nitrogens is 2. The van der Waals surface area contributed by atoms with Crippen LogP contribution in [0.2, 0.25) is 0 Å². The number of non-ortho nitro benzene ring substituents is 1. The van der Waals surface area contributed by atoms with Crippen LogP contribution in [0.3, 0.4) is 0 Å². The molecule has 0 aliphatic carbocycles. The molecule has 8 nitrogen and oxygen atoms in total. The monoisotopic (exact) mass is 339 g/mol. The lowest BCUT2D eigenvalue weighted by Gasteiger charge is -2.10. The number of nitrogens with one attached hydrogen (secondary N) is 2. The summed E-state index contributed by atoms with van der Waals surface area (Å²) in [7, 11) is 1.82. The fourth-order valence-corrected chi connectivity index (χ4v) is 1.76. The average Bonchev–Trinajstić information content (AvgIpc) is 3.02. The standard InChI is InChI=1S/C14H17N5O3.ClH/c1-10(15-2)7-16-14(20)11-8-17-18(9-11)12-3-5-13(6-4-12)19(21)22;/h3-6,8-10,15H,7H2,1-2H3,(H,16,20);1H. The molecular formula is C14H18ClN5O3. The SMILES string of the molecule is CNC(C)CNC(=O)c1cnn(-c2ccc([N+](=O)[O-])cc2)c1.Cl. The third-order valence-corrected chi connectivity index (χ3v) is 3.23. The predicted octanol–water partition coefficient (Wildman–Crippen LogP) is 1.54. The first-order valence-electron chi connectivity index (χ1n) is 6.76. The van der Waals surface area contributed by atoms with E-state index in [1.807, 2.05) is 14.0 Å². The van der Waals surface area contributed by atoms with Gasteiger partial charge in [0, 0.05) is 30.9 Å². The summed E-state index contributed by atoms with van der Waals surface area (Å²) in [6.45, 7) is 2.47. The second-order valence-corrected chi connectivity index (χ2v) is 4.85. The van der Waals surface area contributed by atoms with Gasteiger partial charge in [-0.2, -0.15) is 5.10 Å². The highest BCUT2D eigenvalue weighted by atomic mass is 35.5. The molecule has 0 saturated heterocycles. The van der Waals surface area contributed by atoms with Gasteiger partial charge in [-0.15, -0.1) is 12.4 Å². The van der Waals surface area contributed by atoms with Crippen LogP contribution in [-0.4, -0.2) is 40.2 Å². The van der Waals surface area contributed by atoms with Crippen LogP contribution in [0.5, 0.6) is 0 Å². The van der Waals surface area contributed by atoms with E-state index in [1.165, 1.54) is 23.0 Å². The van der Waals surface area contributed by atoms with Crippen LogP contribution in [0.15, 0.2) is 36.7 Å². The highest BCUT2D eigenvalue weighted by molar-refractivity contribution is 5.93. The van der Waals surface area contributed by atoms with Crippen LogP contribution in [0.4, 0.5) is 5.69 Å². The van der Waals surface area contributed by atoms with Gasteiger partial charge >= 0.3 is 0 Å². The Hall–Kier alpha value is -2.45. The molecule has 2 rings (SSSR count). The van der Waals surface area contributed by atoms with Gasteiger partial charge in [0.05, 0.1) is 22.4 Å². The number of likely N-dealkylation sites (N-methyl/N-ethyl adjacent to an activating group) is 1. The maximum atomic E-state index is 12.0. The van der Waals surface area contributed by atoms with Crippen molar-refractivity contribution in [1.29, 1.82) is 0 Å². The summed E-state index contributed by atoms with van der Waals surface area (Å²) >= 11 is 0. The van der Waals surface area contributed by atoms with Gasteiger partial charge in [0.25, 0.3) is 11.6 Å². The zero-order valence-corrected chi connectivity index (χ0v) is 13.5. The van der Waals surface area contributed by atoms with Crippen LogP contribution in [-0.2, 0) is 0 Å². The summed E-state index contributed by atoms with van der Waals surface area (Å²) in [5, 5.41) is 20.5. The van der Waals surface area contributed by atoms with E-state index in [4.69, 9.17) is 0 Å². The summed E-state index contributed by atoms with van der Waals surface area (Å²) in [5.74, 6) is -0.213. The van der Waals surface area contributed by atoms with Crippen molar-refractivity contribution in [2.24, 2.45) is 0 Å². The van der Waals surface area contributed by atoms with Crippen LogP contribution >= 0.6 is 12.4 Å². The van der Waals surface area contributed by atoms with Crippen molar-refractivity contribution in [3.05, 3.63) is 52.3 Å². The number of rotatable bonds is 6. The first-order valence-corrected chi connectivity index (χ1v) is 6.76. The molecule has 0 bridgehead atoms. The molecule has 124 valence electrons. The molecule has 2 aromatic rings. The number of nitrogens with zero attached hydrogens (tertiary/aromatic N) is 3. The van der Waals surface area contributed by atoms with E-state index in [0.717, 1.165) is 0 Å². The van der Waals surface area contributed by atoms with Gasteiger partial charge in [-0.25, -0.2) is 4.68 Å². The third kappa shape index (κ3) is 4.76. The number of carbonyl (C=O) groups is 1. The maximum absolute atomic E-state index is 12.0. The first-order chi connectivity index (χ1) is 10.5. The number of nitro groups is 1. The Labute approximate surface area is 139 Å². The normalized spacial score (nSPS) is 11.4. The topological polar surface area (TPSA) is 102 Å². The van der Waals surface area contributed by atoms with Crippen molar-refractivity contribution >= 4 is 24.0 Å². The van der Waals surface area contributed by atoms with Gasteiger partial charge < -0.3 is 10.6 Å². The zero-order valence-electron chi connectivity index (χ0n) is 12.7. The van der Waals surface area contributed by atoms with Crippen molar-refractivity contribution in [1.82, 2.24) is 20.4 Å². The molecule has 0 saturated carbocycles. The van der Waals surface area contributed by atoms with Gasteiger partial charge in [0.2, 0.25) is 0 Å². The molecule has 2 N–H and O–H groups in total. The number of nitro benzene ring substituents is 1. The number of hydrogen-bond donors (Lipinski definition) is 2. The molecule has 9 heteroatoms. The molecular weight excluding hydrogens is 322 g/mol. The molecule has 23 heavy (non-hydrogen) atoms. The molecule has 0 aliphatic heterocycles. The van der Waals surface area contributed by atoms with Gasteiger partial charge in [-0.3, -0.25) is 14.9 Å². The Balaban J connectivity index is 0.00000264. The number of hydrogen-bond acceptors (Lipinski definition) is 5. The Bertz CT molecular complexity index is 671. The van der Waals surface area contributed by atoms with E-state index in [0.29, 0.717) is 17.8 Å². The predicted molar refractivity (Wildman–Crippen MR) is 88.3 cm³/mol. The Kier molecular flexibility index (Phi) is 6.67. The third-order valence-electron chi connectivity index (χ3n) is 3.23. The average molecular weight is 340 g/mol. The smallest absolute Gasteiger partial charge is 0.269 e. The van der Waals surface area contributed by atoms with E-state index in [9.17, 15) is 14.9 Å². The van der Waals surface area contributed by atoms with E-state index in [2.05, 4.69) is 15.7 Å². The van der Waals surface area contributed by atoms with Gasteiger partial charge in [0.1, 0.15) is 0 Å². The van der Waals surface area contributed by atoms with Crippen molar-refractivity contribution in [3.8, 4) is 5.69 Å². The van der Waals surface area contributed by atoms with Crippen LogP contribution in [0.25, 0.3) is 5.69 Å². The van der Waals surface area contributed by atoms with Crippen LogP contribution in [0.1, 0.15) is 17.3 Å². The molecule has 0 fully saturated rings. The van der Waals surface area contributed by atoms with E-state index in [1.54, 1.807) is 18.3 Å². The minimum absolute atomic E-state index is 0. The summed E-state index contributed by atoms with van der Waals surface area (Å²) in [4.78, 5) is 22.1. The molecule has 1 amide bonds. The van der Waals surface area contributed by atoms with Crippen molar-refractivity contribution < 1.29 is 9.72 Å². The Morgan fingerprint density at radius 1 is 1.39 bits per heavy atom. The summed E-state index contributed by atoms with van der Waals surface area (Å²) in [6, 6.07) is 6.12. The Morgan fingerprint density at radius 2 is 2.04 bits per heavy atom. The van der Waals surface area contributed by atoms with Crippen molar-refractivity contribution in [2.75, 3.05) is 13.6 Å². The Morgan fingerprint density at radius 3 is 2.61 bits per heavy atom. The van der Waals surface area contributed by atoms with Crippen molar-refractivity contribution in [3.63, 3.8) is 0 Å². The molecule has 1 aromatic heterocycles. The van der Waals surface area contributed by atoms with Gasteiger partial charge in [-0.05, 0) is 26.1 Å².